The molecule has 0 aliphatic carbocycles. The minimum Gasteiger partial charge on any atom is -0.493 e. The van der Waals surface area contributed by atoms with Gasteiger partial charge in [-0.25, -0.2) is 4.39 Å². The maximum absolute atomic E-state index is 12.9. The number of hydrogen-bond acceptors (Lipinski definition) is 3. The van der Waals surface area contributed by atoms with Crippen LogP contribution in [0.2, 0.25) is 0 Å². The van der Waals surface area contributed by atoms with E-state index in [1.54, 1.807) is 24.3 Å². The van der Waals surface area contributed by atoms with E-state index >= 15 is 0 Å². The lowest BCUT2D eigenvalue weighted by atomic mass is 10.1. The number of amides is 1. The molecule has 1 N–H and O–H groups in total. The highest BCUT2D eigenvalue weighted by molar-refractivity contribution is 9.10. The van der Waals surface area contributed by atoms with Crippen LogP contribution in [0.15, 0.2) is 40.9 Å². The maximum Gasteiger partial charge on any atom is 0.251 e. The molecule has 0 heterocycles. The van der Waals surface area contributed by atoms with Gasteiger partial charge < -0.3 is 14.8 Å². The Balaban J connectivity index is 2.12. The number of rotatable bonds is 6. The molecule has 0 atom stereocenters. The van der Waals surface area contributed by atoms with Crippen LogP contribution in [-0.2, 0) is 6.54 Å². The number of hydrogen-bond donors (Lipinski definition) is 1. The smallest absolute Gasteiger partial charge is 0.251 e. The summed E-state index contributed by atoms with van der Waals surface area (Å²) >= 11 is 3.39. The number of ether oxygens (including phenoxy) is 2. The predicted molar refractivity (Wildman–Crippen MR) is 89.4 cm³/mol. The molecule has 23 heavy (non-hydrogen) atoms. The van der Waals surface area contributed by atoms with Gasteiger partial charge in [-0.05, 0) is 52.7 Å². The predicted octanol–water partition coefficient (Wildman–Crippen LogP) is 3.93. The standard InChI is InChI=1S/C17H17BrFNO3/c1-3-23-16-14(18)8-12(9-15(16)22-2)17(21)20-10-11-4-6-13(19)7-5-11/h4-9H,3,10H2,1-2H3,(H,20,21). The summed E-state index contributed by atoms with van der Waals surface area (Å²) in [6.07, 6.45) is 0. The molecule has 0 aliphatic heterocycles. The normalized spacial score (nSPS) is 10.3. The second-order valence-electron chi connectivity index (χ2n) is 4.73. The number of carbonyl (C=O) groups is 1. The van der Waals surface area contributed by atoms with Gasteiger partial charge in [0, 0.05) is 12.1 Å². The fourth-order valence-corrected chi connectivity index (χ4v) is 2.58. The first-order valence-corrected chi connectivity index (χ1v) is 7.87. The van der Waals surface area contributed by atoms with Gasteiger partial charge in [0.15, 0.2) is 11.5 Å². The highest BCUT2D eigenvalue weighted by Crippen LogP contribution is 2.36. The van der Waals surface area contributed by atoms with Crippen molar-refractivity contribution in [1.82, 2.24) is 5.32 Å². The van der Waals surface area contributed by atoms with E-state index in [0.717, 1.165) is 5.56 Å². The van der Waals surface area contributed by atoms with Gasteiger partial charge in [0.25, 0.3) is 5.91 Å². The molecule has 0 spiro atoms. The topological polar surface area (TPSA) is 47.6 Å². The molecule has 2 rings (SSSR count). The SMILES string of the molecule is CCOc1c(Br)cc(C(=O)NCc2ccc(F)cc2)cc1OC. The molecule has 0 aliphatic rings. The molecular weight excluding hydrogens is 365 g/mol. The van der Waals surface area contributed by atoms with Crippen LogP contribution in [0.3, 0.4) is 0 Å². The van der Waals surface area contributed by atoms with Crippen molar-refractivity contribution in [2.75, 3.05) is 13.7 Å². The van der Waals surface area contributed by atoms with Crippen LogP contribution >= 0.6 is 15.9 Å². The van der Waals surface area contributed by atoms with E-state index in [-0.39, 0.29) is 11.7 Å². The average molecular weight is 382 g/mol. The van der Waals surface area contributed by atoms with Crippen LogP contribution in [0, 0.1) is 5.82 Å². The zero-order valence-electron chi connectivity index (χ0n) is 12.9. The lowest BCUT2D eigenvalue weighted by molar-refractivity contribution is 0.0950. The summed E-state index contributed by atoms with van der Waals surface area (Å²) in [4.78, 5) is 12.3. The van der Waals surface area contributed by atoms with Crippen LogP contribution in [0.25, 0.3) is 0 Å². The highest BCUT2D eigenvalue weighted by atomic mass is 79.9. The first-order chi connectivity index (χ1) is 11.0. The number of nitrogens with one attached hydrogen (secondary N) is 1. The molecule has 122 valence electrons. The molecule has 2 aromatic carbocycles. The molecule has 0 unspecified atom stereocenters. The first kappa shape index (κ1) is 17.3. The molecule has 2 aromatic rings. The van der Waals surface area contributed by atoms with Crippen LogP contribution in [0.5, 0.6) is 11.5 Å². The van der Waals surface area contributed by atoms with E-state index in [1.165, 1.54) is 19.2 Å². The first-order valence-electron chi connectivity index (χ1n) is 7.08. The van der Waals surface area contributed by atoms with Crippen LogP contribution < -0.4 is 14.8 Å². The van der Waals surface area contributed by atoms with Gasteiger partial charge in [0.1, 0.15) is 5.82 Å². The zero-order valence-corrected chi connectivity index (χ0v) is 14.4. The van der Waals surface area contributed by atoms with Gasteiger partial charge in [-0.1, -0.05) is 12.1 Å². The summed E-state index contributed by atoms with van der Waals surface area (Å²) in [5, 5.41) is 2.79. The fraction of sp³-hybridized carbons (Fsp3) is 0.235. The molecule has 6 heteroatoms. The molecule has 0 bridgehead atoms. The van der Waals surface area contributed by atoms with E-state index < -0.39 is 0 Å². The molecule has 0 saturated heterocycles. The summed E-state index contributed by atoms with van der Waals surface area (Å²) < 4.78 is 24.3. The third-order valence-corrected chi connectivity index (χ3v) is 3.74. The monoisotopic (exact) mass is 381 g/mol. The number of benzene rings is 2. The summed E-state index contributed by atoms with van der Waals surface area (Å²) in [6.45, 7) is 2.67. The van der Waals surface area contributed by atoms with Gasteiger partial charge in [0.2, 0.25) is 0 Å². The lowest BCUT2D eigenvalue weighted by Crippen LogP contribution is -2.22. The third kappa shape index (κ3) is 4.45. The largest absolute Gasteiger partial charge is 0.493 e. The molecule has 1 amide bonds. The van der Waals surface area contributed by atoms with Crippen LogP contribution in [0.1, 0.15) is 22.8 Å². The van der Waals surface area contributed by atoms with Crippen LogP contribution in [-0.4, -0.2) is 19.6 Å². The molecule has 0 fully saturated rings. The molecule has 0 aromatic heterocycles. The zero-order chi connectivity index (χ0) is 16.8. The molecule has 4 nitrogen and oxygen atoms in total. The lowest BCUT2D eigenvalue weighted by Gasteiger charge is -2.13. The van der Waals surface area contributed by atoms with Gasteiger partial charge in [0.05, 0.1) is 18.2 Å². The van der Waals surface area contributed by atoms with Gasteiger partial charge in [-0.2, -0.15) is 0 Å². The van der Waals surface area contributed by atoms with Gasteiger partial charge in [-0.15, -0.1) is 0 Å². The minimum atomic E-state index is -0.305. The summed E-state index contributed by atoms with van der Waals surface area (Å²) in [5.41, 5.74) is 1.26. The Hall–Kier alpha value is -2.08. The van der Waals surface area contributed by atoms with E-state index in [4.69, 9.17) is 9.47 Å². The average Bonchev–Trinajstić information content (AvgIpc) is 2.55. The Morgan fingerprint density at radius 3 is 2.57 bits per heavy atom. The Labute approximate surface area is 142 Å². The van der Waals surface area contributed by atoms with Crippen molar-refractivity contribution in [2.45, 2.75) is 13.5 Å². The molecule has 0 saturated carbocycles. The van der Waals surface area contributed by atoms with Crippen molar-refractivity contribution in [3.8, 4) is 11.5 Å². The van der Waals surface area contributed by atoms with Crippen molar-refractivity contribution in [3.05, 3.63) is 57.8 Å². The van der Waals surface area contributed by atoms with Crippen molar-refractivity contribution in [2.24, 2.45) is 0 Å². The Kier molecular flexibility index (Phi) is 5.98. The van der Waals surface area contributed by atoms with Crippen molar-refractivity contribution in [1.29, 1.82) is 0 Å². The van der Waals surface area contributed by atoms with Gasteiger partial charge >= 0.3 is 0 Å². The maximum atomic E-state index is 12.9. The van der Waals surface area contributed by atoms with E-state index in [0.29, 0.717) is 34.7 Å². The van der Waals surface area contributed by atoms with E-state index in [2.05, 4.69) is 21.2 Å². The highest BCUT2D eigenvalue weighted by Gasteiger charge is 2.15. The van der Waals surface area contributed by atoms with Crippen molar-refractivity contribution >= 4 is 21.8 Å². The number of carbonyl (C=O) groups excluding carboxylic acids is 1. The second kappa shape index (κ2) is 7.97. The van der Waals surface area contributed by atoms with Crippen LogP contribution in [0.4, 0.5) is 4.39 Å². The number of halogens is 2. The third-order valence-electron chi connectivity index (χ3n) is 3.15. The van der Waals surface area contributed by atoms with Crippen molar-refractivity contribution in [3.63, 3.8) is 0 Å². The Morgan fingerprint density at radius 1 is 1.26 bits per heavy atom. The minimum absolute atomic E-state index is 0.253. The van der Waals surface area contributed by atoms with Gasteiger partial charge in [-0.3, -0.25) is 4.79 Å². The van der Waals surface area contributed by atoms with Crippen molar-refractivity contribution < 1.29 is 18.7 Å². The Bertz CT molecular complexity index is 689. The summed E-state index contributed by atoms with van der Waals surface area (Å²) in [5.74, 6) is 0.481. The summed E-state index contributed by atoms with van der Waals surface area (Å²) in [6, 6.07) is 9.27. The fourth-order valence-electron chi connectivity index (χ4n) is 2.02. The summed E-state index contributed by atoms with van der Waals surface area (Å²) in [7, 11) is 1.52. The second-order valence-corrected chi connectivity index (χ2v) is 5.59. The van der Waals surface area contributed by atoms with E-state index in [1.807, 2.05) is 6.92 Å². The molecular formula is C17H17BrFNO3. The molecule has 0 radical (unpaired) electrons. The quantitative estimate of drug-likeness (QED) is 0.824. The number of methoxy groups -OCH3 is 1. The van der Waals surface area contributed by atoms with E-state index in [9.17, 15) is 9.18 Å². The Morgan fingerprint density at radius 2 is 1.96 bits per heavy atom.